The Bertz CT molecular complexity index is 1150. The maximum atomic E-state index is 12.6. The van der Waals surface area contributed by atoms with Crippen LogP contribution in [0.3, 0.4) is 0 Å². The third-order valence-electron chi connectivity index (χ3n) is 4.51. The summed E-state index contributed by atoms with van der Waals surface area (Å²) >= 11 is 1.34. The molecule has 5 nitrogen and oxygen atoms in total. The Labute approximate surface area is 173 Å². The SMILES string of the molecule is O=C(Nc1c[nH]c2ccc(OCCc3ccc(C(F)(F)F)cc3)cc12)c1cscn1. The van der Waals surface area contributed by atoms with Gasteiger partial charge in [0.2, 0.25) is 0 Å². The lowest BCUT2D eigenvalue weighted by molar-refractivity contribution is -0.137. The molecular weight excluding hydrogens is 415 g/mol. The summed E-state index contributed by atoms with van der Waals surface area (Å²) in [5, 5.41) is 5.27. The van der Waals surface area contributed by atoms with E-state index in [-0.39, 0.29) is 5.91 Å². The Morgan fingerprint density at radius 3 is 2.67 bits per heavy atom. The number of H-pyrrole nitrogens is 1. The number of thiazole rings is 1. The minimum atomic E-state index is -4.34. The minimum absolute atomic E-state index is 0.300. The number of aromatic amines is 1. The van der Waals surface area contributed by atoms with Crippen molar-refractivity contribution < 1.29 is 22.7 Å². The molecule has 0 aliphatic carbocycles. The quantitative estimate of drug-likeness (QED) is 0.423. The first-order valence-corrected chi connectivity index (χ1v) is 9.94. The highest BCUT2D eigenvalue weighted by Crippen LogP contribution is 2.30. The zero-order valence-electron chi connectivity index (χ0n) is 15.5. The molecule has 0 spiro atoms. The molecule has 0 saturated heterocycles. The molecule has 0 aliphatic heterocycles. The van der Waals surface area contributed by atoms with Gasteiger partial charge in [-0.3, -0.25) is 4.79 Å². The number of rotatable bonds is 6. The lowest BCUT2D eigenvalue weighted by Gasteiger charge is -2.09. The molecule has 0 fully saturated rings. The average molecular weight is 431 g/mol. The second kappa shape index (κ2) is 8.19. The van der Waals surface area contributed by atoms with E-state index < -0.39 is 11.7 Å². The number of aromatic nitrogens is 2. The molecule has 0 saturated carbocycles. The number of carbonyl (C=O) groups excluding carboxylic acids is 1. The van der Waals surface area contributed by atoms with Crippen molar-refractivity contribution >= 4 is 33.8 Å². The van der Waals surface area contributed by atoms with Crippen molar-refractivity contribution in [2.45, 2.75) is 12.6 Å². The standard InChI is InChI=1S/C21H16F3N3O2S/c22-21(23,24)14-3-1-13(2-4-14)7-8-29-15-5-6-17-16(9-15)18(10-25-17)27-20(28)19-11-30-12-26-19/h1-6,9-12,25H,7-8H2,(H,27,28). The van der Waals surface area contributed by atoms with E-state index in [4.69, 9.17) is 4.74 Å². The molecule has 0 unspecified atom stereocenters. The first kappa shape index (κ1) is 20.0. The topological polar surface area (TPSA) is 67.0 Å². The number of nitrogens with zero attached hydrogens (tertiary/aromatic N) is 1. The summed E-state index contributed by atoms with van der Waals surface area (Å²) in [5.41, 5.74) is 3.46. The van der Waals surface area contributed by atoms with Gasteiger partial charge in [-0.1, -0.05) is 12.1 Å². The summed E-state index contributed by atoms with van der Waals surface area (Å²) in [7, 11) is 0. The van der Waals surface area contributed by atoms with Crippen molar-refractivity contribution in [2.75, 3.05) is 11.9 Å². The van der Waals surface area contributed by atoms with E-state index in [1.807, 2.05) is 6.07 Å². The molecule has 0 aliphatic rings. The predicted octanol–water partition coefficient (Wildman–Crippen LogP) is 5.52. The second-order valence-corrected chi connectivity index (χ2v) is 7.25. The molecule has 4 rings (SSSR count). The number of benzene rings is 2. The predicted molar refractivity (Wildman–Crippen MR) is 109 cm³/mol. The highest BCUT2D eigenvalue weighted by molar-refractivity contribution is 7.07. The van der Waals surface area contributed by atoms with Gasteiger partial charge in [0, 0.05) is 28.9 Å². The van der Waals surface area contributed by atoms with Crippen molar-refractivity contribution in [1.82, 2.24) is 9.97 Å². The lowest BCUT2D eigenvalue weighted by Crippen LogP contribution is -2.11. The number of fused-ring (bicyclic) bond motifs is 1. The first-order chi connectivity index (χ1) is 14.4. The summed E-state index contributed by atoms with van der Waals surface area (Å²) in [4.78, 5) is 19.3. The van der Waals surface area contributed by atoms with Gasteiger partial charge in [0.25, 0.3) is 5.91 Å². The second-order valence-electron chi connectivity index (χ2n) is 6.53. The van der Waals surface area contributed by atoms with E-state index in [2.05, 4.69) is 15.3 Å². The van der Waals surface area contributed by atoms with Crippen molar-refractivity contribution in [3.63, 3.8) is 0 Å². The largest absolute Gasteiger partial charge is 0.493 e. The molecule has 2 N–H and O–H groups in total. The van der Waals surface area contributed by atoms with Crippen LogP contribution in [0, 0.1) is 0 Å². The number of hydrogen-bond donors (Lipinski definition) is 2. The van der Waals surface area contributed by atoms with Crippen LogP contribution in [0.1, 0.15) is 21.6 Å². The summed E-state index contributed by atoms with van der Waals surface area (Å²) in [6.45, 7) is 0.307. The fourth-order valence-electron chi connectivity index (χ4n) is 2.95. The monoisotopic (exact) mass is 431 g/mol. The molecule has 9 heteroatoms. The van der Waals surface area contributed by atoms with Gasteiger partial charge in [-0.25, -0.2) is 4.98 Å². The maximum absolute atomic E-state index is 12.6. The van der Waals surface area contributed by atoms with E-state index in [1.54, 1.807) is 29.2 Å². The van der Waals surface area contributed by atoms with Crippen LogP contribution in [0.15, 0.2) is 59.6 Å². The van der Waals surface area contributed by atoms with Crippen LogP contribution >= 0.6 is 11.3 Å². The van der Waals surface area contributed by atoms with Crippen LogP contribution in [0.4, 0.5) is 18.9 Å². The summed E-state index contributed by atoms with van der Waals surface area (Å²) in [6, 6.07) is 10.5. The fourth-order valence-corrected chi connectivity index (χ4v) is 3.48. The highest BCUT2D eigenvalue weighted by atomic mass is 32.1. The Balaban J connectivity index is 1.40. The number of alkyl halides is 3. The molecule has 30 heavy (non-hydrogen) atoms. The molecule has 154 valence electrons. The van der Waals surface area contributed by atoms with Gasteiger partial charge >= 0.3 is 6.18 Å². The summed E-state index contributed by atoms with van der Waals surface area (Å²) in [6.07, 6.45) is -2.18. The van der Waals surface area contributed by atoms with Crippen LogP contribution in [0.5, 0.6) is 5.75 Å². The maximum Gasteiger partial charge on any atom is 0.416 e. The third-order valence-corrected chi connectivity index (χ3v) is 5.09. The number of amides is 1. The van der Waals surface area contributed by atoms with Crippen molar-refractivity contribution in [1.29, 1.82) is 0 Å². The zero-order chi connectivity index (χ0) is 21.1. The smallest absolute Gasteiger partial charge is 0.416 e. The van der Waals surface area contributed by atoms with E-state index in [9.17, 15) is 18.0 Å². The molecular formula is C21H16F3N3O2S. The zero-order valence-corrected chi connectivity index (χ0v) is 16.3. The van der Waals surface area contributed by atoms with E-state index in [0.29, 0.717) is 30.2 Å². The van der Waals surface area contributed by atoms with E-state index in [0.717, 1.165) is 28.6 Å². The number of nitrogens with one attached hydrogen (secondary N) is 2. The molecule has 2 heterocycles. The molecule has 1 amide bonds. The molecule has 0 bridgehead atoms. The third kappa shape index (κ3) is 4.46. The van der Waals surface area contributed by atoms with Gasteiger partial charge < -0.3 is 15.0 Å². The molecule has 2 aromatic heterocycles. The molecule has 2 aromatic carbocycles. The number of ether oxygens (including phenoxy) is 1. The van der Waals surface area contributed by atoms with Gasteiger partial charge in [-0.2, -0.15) is 13.2 Å². The molecule has 0 radical (unpaired) electrons. The van der Waals surface area contributed by atoms with E-state index in [1.165, 1.54) is 23.5 Å². The van der Waals surface area contributed by atoms with Crippen LogP contribution in [0.2, 0.25) is 0 Å². The van der Waals surface area contributed by atoms with Gasteiger partial charge in [0.1, 0.15) is 11.4 Å². The van der Waals surface area contributed by atoms with Gasteiger partial charge in [-0.05, 0) is 35.9 Å². The Kier molecular flexibility index (Phi) is 5.45. The molecule has 0 atom stereocenters. The van der Waals surface area contributed by atoms with Crippen molar-refractivity contribution in [3.8, 4) is 5.75 Å². The van der Waals surface area contributed by atoms with Crippen molar-refractivity contribution in [2.24, 2.45) is 0 Å². The first-order valence-electron chi connectivity index (χ1n) is 9.00. The number of anilines is 1. The normalized spacial score (nSPS) is 11.6. The fraction of sp³-hybridized carbons (Fsp3) is 0.143. The van der Waals surface area contributed by atoms with Crippen LogP contribution in [0.25, 0.3) is 10.9 Å². The number of carbonyl (C=O) groups is 1. The Hall–Kier alpha value is -3.33. The Morgan fingerprint density at radius 2 is 1.97 bits per heavy atom. The van der Waals surface area contributed by atoms with Crippen LogP contribution < -0.4 is 10.1 Å². The Morgan fingerprint density at radius 1 is 1.17 bits per heavy atom. The highest BCUT2D eigenvalue weighted by Gasteiger charge is 2.29. The minimum Gasteiger partial charge on any atom is -0.493 e. The summed E-state index contributed by atoms with van der Waals surface area (Å²) < 4.78 is 43.6. The van der Waals surface area contributed by atoms with Gasteiger partial charge in [0.05, 0.1) is 23.4 Å². The van der Waals surface area contributed by atoms with E-state index >= 15 is 0 Å². The molecule has 4 aromatic rings. The van der Waals surface area contributed by atoms with Crippen LogP contribution in [-0.2, 0) is 12.6 Å². The average Bonchev–Trinajstić information content (AvgIpc) is 3.38. The summed E-state index contributed by atoms with van der Waals surface area (Å²) in [5.74, 6) is 0.295. The van der Waals surface area contributed by atoms with Gasteiger partial charge in [-0.15, -0.1) is 11.3 Å². The lowest BCUT2D eigenvalue weighted by atomic mass is 10.1. The number of hydrogen-bond acceptors (Lipinski definition) is 4. The van der Waals surface area contributed by atoms with Crippen molar-refractivity contribution in [3.05, 3.63) is 76.4 Å². The number of halogens is 3. The van der Waals surface area contributed by atoms with Crippen LogP contribution in [-0.4, -0.2) is 22.5 Å². The van der Waals surface area contributed by atoms with Gasteiger partial charge in [0.15, 0.2) is 0 Å².